The number of hydrogen-bond donors (Lipinski definition) is 2. The summed E-state index contributed by atoms with van der Waals surface area (Å²) in [5.74, 6) is -0.0698. The molecule has 1 heterocycles. The van der Waals surface area contributed by atoms with E-state index in [9.17, 15) is 4.79 Å². The van der Waals surface area contributed by atoms with Crippen LogP contribution in [0.15, 0.2) is 52.3 Å². The van der Waals surface area contributed by atoms with Gasteiger partial charge in [-0.05, 0) is 56.2 Å². The smallest absolute Gasteiger partial charge is 0.269 e. The third kappa shape index (κ3) is 4.02. The summed E-state index contributed by atoms with van der Waals surface area (Å²) in [6.07, 6.45) is 0.894. The number of hydrogen-bond acceptors (Lipinski definition) is 2. The topological polar surface area (TPSA) is 44.9 Å². The van der Waals surface area contributed by atoms with E-state index in [1.165, 1.54) is 0 Å². The van der Waals surface area contributed by atoms with Crippen LogP contribution in [0.4, 0.5) is 0 Å². The van der Waals surface area contributed by atoms with E-state index in [-0.39, 0.29) is 11.9 Å². The molecule has 0 aliphatic rings. The van der Waals surface area contributed by atoms with Gasteiger partial charge in [0.2, 0.25) is 0 Å². The molecule has 1 amide bonds. The Kier molecular flexibility index (Phi) is 5.40. The maximum Gasteiger partial charge on any atom is 0.269 e. The molecule has 130 valence electrons. The molecule has 3 nitrogen and oxygen atoms in total. The normalized spacial score (nSPS) is 12.3. The van der Waals surface area contributed by atoms with Gasteiger partial charge in [-0.25, -0.2) is 0 Å². The fourth-order valence-electron chi connectivity index (χ4n) is 2.57. The first-order valence-electron chi connectivity index (χ1n) is 8.34. The second-order valence-corrected chi connectivity index (χ2v) is 7.74. The number of carbonyl (C=O) groups excluding carboxylic acids is 1. The SMILES string of the molecule is CC[C@@H](C)NC(=O)c1[nH]c2cc(C)ccc2c1Sc1ccc(Cl)cc1. The lowest BCUT2D eigenvalue weighted by molar-refractivity contribution is 0.0932. The standard InChI is InChI=1S/C20H21ClN2OS/c1-4-13(3)22-20(24)18-19(25-15-8-6-14(21)7-9-15)16-10-5-12(2)11-17(16)23-18/h5-11,13,23H,4H2,1-3H3,(H,22,24)/t13-/m1/s1. The van der Waals surface area contributed by atoms with Crippen molar-refractivity contribution in [3.05, 3.63) is 58.7 Å². The van der Waals surface area contributed by atoms with Crippen molar-refractivity contribution >= 4 is 40.2 Å². The number of amides is 1. The van der Waals surface area contributed by atoms with Crippen molar-refractivity contribution in [2.45, 2.75) is 43.0 Å². The minimum absolute atomic E-state index is 0.0698. The van der Waals surface area contributed by atoms with Gasteiger partial charge in [0.25, 0.3) is 5.91 Å². The van der Waals surface area contributed by atoms with Gasteiger partial charge in [-0.3, -0.25) is 4.79 Å². The van der Waals surface area contributed by atoms with Crippen molar-refractivity contribution in [3.8, 4) is 0 Å². The van der Waals surface area contributed by atoms with Crippen molar-refractivity contribution < 1.29 is 4.79 Å². The van der Waals surface area contributed by atoms with E-state index in [4.69, 9.17) is 11.6 Å². The Labute approximate surface area is 157 Å². The second kappa shape index (κ2) is 7.54. The van der Waals surface area contributed by atoms with Gasteiger partial charge in [0.15, 0.2) is 0 Å². The van der Waals surface area contributed by atoms with E-state index in [2.05, 4.69) is 35.4 Å². The Bertz CT molecular complexity index is 902. The van der Waals surface area contributed by atoms with E-state index >= 15 is 0 Å². The van der Waals surface area contributed by atoms with Crippen LogP contribution in [0, 0.1) is 6.92 Å². The predicted octanol–water partition coefficient (Wildman–Crippen LogP) is 5.81. The first kappa shape index (κ1) is 17.9. The van der Waals surface area contributed by atoms with Crippen LogP contribution in [-0.2, 0) is 0 Å². The van der Waals surface area contributed by atoms with Gasteiger partial charge >= 0.3 is 0 Å². The molecule has 2 aromatic carbocycles. The summed E-state index contributed by atoms with van der Waals surface area (Å²) < 4.78 is 0. The molecule has 0 spiro atoms. The molecule has 0 radical (unpaired) electrons. The van der Waals surface area contributed by atoms with Crippen molar-refractivity contribution in [1.82, 2.24) is 10.3 Å². The third-order valence-corrected chi connectivity index (χ3v) is 5.54. The first-order chi connectivity index (χ1) is 12.0. The largest absolute Gasteiger partial charge is 0.350 e. The van der Waals surface area contributed by atoms with Crippen LogP contribution in [0.5, 0.6) is 0 Å². The molecule has 3 rings (SSSR count). The predicted molar refractivity (Wildman–Crippen MR) is 106 cm³/mol. The number of aromatic amines is 1. The lowest BCUT2D eigenvalue weighted by Gasteiger charge is -2.11. The van der Waals surface area contributed by atoms with E-state index < -0.39 is 0 Å². The van der Waals surface area contributed by atoms with E-state index in [1.807, 2.05) is 38.1 Å². The van der Waals surface area contributed by atoms with Crippen molar-refractivity contribution in [1.29, 1.82) is 0 Å². The van der Waals surface area contributed by atoms with Gasteiger partial charge in [-0.2, -0.15) is 0 Å². The highest BCUT2D eigenvalue weighted by atomic mass is 35.5. The van der Waals surface area contributed by atoms with Crippen LogP contribution >= 0.6 is 23.4 Å². The van der Waals surface area contributed by atoms with Crippen molar-refractivity contribution in [3.63, 3.8) is 0 Å². The first-order valence-corrected chi connectivity index (χ1v) is 9.54. The number of H-pyrrole nitrogens is 1. The summed E-state index contributed by atoms with van der Waals surface area (Å²) in [6.45, 7) is 6.12. The summed E-state index contributed by atoms with van der Waals surface area (Å²) in [5, 5.41) is 4.81. The average molecular weight is 373 g/mol. The zero-order chi connectivity index (χ0) is 18.0. The molecule has 3 aromatic rings. The zero-order valence-electron chi connectivity index (χ0n) is 14.5. The molecule has 0 aliphatic carbocycles. The molecule has 0 saturated heterocycles. The van der Waals surface area contributed by atoms with E-state index in [0.29, 0.717) is 10.7 Å². The van der Waals surface area contributed by atoms with Gasteiger partial charge in [0, 0.05) is 26.9 Å². The Hall–Kier alpha value is -1.91. The van der Waals surface area contributed by atoms with Crippen LogP contribution < -0.4 is 5.32 Å². The number of rotatable bonds is 5. The van der Waals surface area contributed by atoms with Gasteiger partial charge in [0.05, 0.1) is 4.90 Å². The monoisotopic (exact) mass is 372 g/mol. The summed E-state index contributed by atoms with van der Waals surface area (Å²) >= 11 is 7.56. The highest BCUT2D eigenvalue weighted by Gasteiger charge is 2.20. The molecule has 0 saturated carbocycles. The maximum atomic E-state index is 12.8. The summed E-state index contributed by atoms with van der Waals surface area (Å²) in [4.78, 5) is 18.1. The fraction of sp³-hybridized carbons (Fsp3) is 0.250. The van der Waals surface area contributed by atoms with Crippen LogP contribution in [0.2, 0.25) is 5.02 Å². The number of halogens is 1. The molecule has 25 heavy (non-hydrogen) atoms. The molecule has 0 aliphatic heterocycles. The number of fused-ring (bicyclic) bond motifs is 1. The molecule has 5 heteroatoms. The van der Waals surface area contributed by atoms with Crippen LogP contribution in [0.25, 0.3) is 10.9 Å². The Morgan fingerprint density at radius 1 is 1.24 bits per heavy atom. The minimum atomic E-state index is -0.0698. The number of aromatic nitrogens is 1. The molecule has 1 atom stereocenters. The molecule has 0 fully saturated rings. The third-order valence-electron chi connectivity index (χ3n) is 4.16. The lowest BCUT2D eigenvalue weighted by atomic mass is 10.2. The van der Waals surface area contributed by atoms with Crippen molar-refractivity contribution in [2.24, 2.45) is 0 Å². The fourth-order valence-corrected chi connectivity index (χ4v) is 3.74. The second-order valence-electron chi connectivity index (χ2n) is 6.22. The highest BCUT2D eigenvalue weighted by molar-refractivity contribution is 7.99. The van der Waals surface area contributed by atoms with Crippen molar-refractivity contribution in [2.75, 3.05) is 0 Å². The molecule has 1 aromatic heterocycles. The molecule has 2 N–H and O–H groups in total. The Morgan fingerprint density at radius 3 is 2.64 bits per heavy atom. The summed E-state index contributed by atoms with van der Waals surface area (Å²) in [5.41, 5.74) is 2.75. The Balaban J connectivity index is 2.05. The van der Waals surface area contributed by atoms with Gasteiger partial charge in [0.1, 0.15) is 5.69 Å². The minimum Gasteiger partial charge on any atom is -0.350 e. The molecular weight excluding hydrogens is 352 g/mol. The number of nitrogens with one attached hydrogen (secondary N) is 2. The number of carbonyl (C=O) groups is 1. The lowest BCUT2D eigenvalue weighted by Crippen LogP contribution is -2.32. The summed E-state index contributed by atoms with van der Waals surface area (Å²) in [6, 6.07) is 14.0. The zero-order valence-corrected chi connectivity index (χ0v) is 16.1. The van der Waals surface area contributed by atoms with Gasteiger partial charge in [-0.15, -0.1) is 0 Å². The van der Waals surface area contributed by atoms with E-state index in [1.54, 1.807) is 11.8 Å². The maximum absolute atomic E-state index is 12.8. The number of benzene rings is 2. The van der Waals surface area contributed by atoms with Crippen LogP contribution in [0.1, 0.15) is 36.3 Å². The van der Waals surface area contributed by atoms with Crippen LogP contribution in [-0.4, -0.2) is 16.9 Å². The van der Waals surface area contributed by atoms with Crippen LogP contribution in [0.3, 0.4) is 0 Å². The highest BCUT2D eigenvalue weighted by Crippen LogP contribution is 2.37. The molecule has 0 unspecified atom stereocenters. The van der Waals surface area contributed by atoms with Gasteiger partial charge in [-0.1, -0.05) is 42.4 Å². The molecular formula is C20H21ClN2OS. The number of aryl methyl sites for hydroxylation is 1. The Morgan fingerprint density at radius 2 is 1.96 bits per heavy atom. The quantitative estimate of drug-likeness (QED) is 0.593. The van der Waals surface area contributed by atoms with Gasteiger partial charge < -0.3 is 10.3 Å². The molecule has 0 bridgehead atoms. The summed E-state index contributed by atoms with van der Waals surface area (Å²) in [7, 11) is 0. The van der Waals surface area contributed by atoms with E-state index in [0.717, 1.165) is 32.7 Å². The average Bonchev–Trinajstić information content (AvgIpc) is 2.94.